The maximum absolute atomic E-state index is 3.36. The third kappa shape index (κ3) is 2.39. The Hall–Kier alpha value is -2.22. The van der Waals surface area contributed by atoms with Gasteiger partial charge < -0.3 is 9.97 Å². The number of hydrogen-bond donors (Lipinski definition) is 2. The Morgan fingerprint density at radius 1 is 0.636 bits per heavy atom. The SMILES string of the molecule is CC(C)(c1cccc(C(C)(C)c2ccc[nH]2)c1)c1ccc[nH]1. The van der Waals surface area contributed by atoms with E-state index in [0.29, 0.717) is 0 Å². The maximum Gasteiger partial charge on any atom is 0.0297 e. The van der Waals surface area contributed by atoms with Crippen molar-refractivity contribution in [3.63, 3.8) is 0 Å². The second kappa shape index (κ2) is 5.20. The highest BCUT2D eigenvalue weighted by molar-refractivity contribution is 5.41. The van der Waals surface area contributed by atoms with Gasteiger partial charge in [-0.25, -0.2) is 0 Å². The monoisotopic (exact) mass is 292 g/mol. The first-order valence-corrected chi connectivity index (χ1v) is 7.81. The number of aromatic amines is 2. The molecule has 0 unspecified atom stereocenters. The van der Waals surface area contributed by atoms with Crippen LogP contribution in [0.5, 0.6) is 0 Å². The molecule has 0 aliphatic rings. The molecule has 0 fully saturated rings. The molecule has 0 aliphatic carbocycles. The first-order valence-electron chi connectivity index (χ1n) is 7.81. The van der Waals surface area contributed by atoms with Crippen molar-refractivity contribution in [1.29, 1.82) is 0 Å². The molecule has 3 aromatic rings. The Kier molecular flexibility index (Phi) is 3.48. The molecule has 1 aromatic carbocycles. The molecule has 2 aromatic heterocycles. The molecule has 2 N–H and O–H groups in total. The molecule has 2 heterocycles. The van der Waals surface area contributed by atoms with Crippen LogP contribution in [0.15, 0.2) is 60.9 Å². The van der Waals surface area contributed by atoms with Gasteiger partial charge >= 0.3 is 0 Å². The van der Waals surface area contributed by atoms with Crippen molar-refractivity contribution in [3.05, 3.63) is 83.4 Å². The van der Waals surface area contributed by atoms with Crippen LogP contribution in [0, 0.1) is 0 Å². The summed E-state index contributed by atoms with van der Waals surface area (Å²) in [6, 6.07) is 17.4. The van der Waals surface area contributed by atoms with Gasteiger partial charge in [0.15, 0.2) is 0 Å². The third-order valence-electron chi connectivity index (χ3n) is 4.85. The lowest BCUT2D eigenvalue weighted by Gasteiger charge is -2.29. The second-order valence-corrected chi connectivity index (χ2v) is 7.00. The van der Waals surface area contributed by atoms with E-state index in [9.17, 15) is 0 Å². The summed E-state index contributed by atoms with van der Waals surface area (Å²) in [4.78, 5) is 6.71. The Labute approximate surface area is 132 Å². The van der Waals surface area contributed by atoms with Crippen LogP contribution >= 0.6 is 0 Å². The van der Waals surface area contributed by atoms with E-state index < -0.39 is 0 Å². The van der Waals surface area contributed by atoms with Crippen molar-refractivity contribution in [2.75, 3.05) is 0 Å². The molecule has 0 aliphatic heterocycles. The van der Waals surface area contributed by atoms with Gasteiger partial charge in [-0.05, 0) is 35.4 Å². The molecule has 0 amide bonds. The van der Waals surface area contributed by atoms with Crippen molar-refractivity contribution in [1.82, 2.24) is 9.97 Å². The molecule has 2 nitrogen and oxygen atoms in total. The van der Waals surface area contributed by atoms with Gasteiger partial charge in [-0.1, -0.05) is 52.0 Å². The zero-order valence-electron chi connectivity index (χ0n) is 13.8. The summed E-state index contributed by atoms with van der Waals surface area (Å²) in [6.07, 6.45) is 3.98. The topological polar surface area (TPSA) is 31.6 Å². The quantitative estimate of drug-likeness (QED) is 0.678. The first-order chi connectivity index (χ1) is 10.4. The van der Waals surface area contributed by atoms with Crippen molar-refractivity contribution in [2.45, 2.75) is 38.5 Å². The lowest BCUT2D eigenvalue weighted by atomic mass is 9.76. The predicted octanol–water partition coefficient (Wildman–Crippen LogP) is 4.99. The van der Waals surface area contributed by atoms with Crippen LogP contribution in [0.3, 0.4) is 0 Å². The van der Waals surface area contributed by atoms with E-state index in [1.807, 2.05) is 12.4 Å². The fourth-order valence-electron chi connectivity index (χ4n) is 3.05. The van der Waals surface area contributed by atoms with Gasteiger partial charge in [0.25, 0.3) is 0 Å². The summed E-state index contributed by atoms with van der Waals surface area (Å²) < 4.78 is 0. The minimum Gasteiger partial charge on any atom is -0.364 e. The average molecular weight is 292 g/mol. The summed E-state index contributed by atoms with van der Waals surface area (Å²) in [6.45, 7) is 9.05. The van der Waals surface area contributed by atoms with Gasteiger partial charge in [-0.3, -0.25) is 0 Å². The predicted molar refractivity (Wildman–Crippen MR) is 92.3 cm³/mol. The van der Waals surface area contributed by atoms with Gasteiger partial charge in [-0.2, -0.15) is 0 Å². The van der Waals surface area contributed by atoms with Crippen LogP contribution in [0.4, 0.5) is 0 Å². The van der Waals surface area contributed by atoms with E-state index in [1.54, 1.807) is 0 Å². The van der Waals surface area contributed by atoms with Crippen LogP contribution in [0.1, 0.15) is 50.2 Å². The number of H-pyrrole nitrogens is 2. The lowest BCUT2D eigenvalue weighted by molar-refractivity contribution is 0.599. The highest BCUT2D eigenvalue weighted by Crippen LogP contribution is 2.35. The minimum absolute atomic E-state index is 0.0364. The zero-order valence-corrected chi connectivity index (χ0v) is 13.8. The average Bonchev–Trinajstić information content (AvgIpc) is 3.20. The minimum atomic E-state index is -0.0364. The summed E-state index contributed by atoms with van der Waals surface area (Å²) >= 11 is 0. The largest absolute Gasteiger partial charge is 0.364 e. The van der Waals surface area contributed by atoms with Crippen molar-refractivity contribution < 1.29 is 0 Å². The van der Waals surface area contributed by atoms with Crippen molar-refractivity contribution >= 4 is 0 Å². The van der Waals surface area contributed by atoms with Crippen LogP contribution in [-0.4, -0.2) is 9.97 Å². The molecular formula is C20H24N2. The molecule has 3 rings (SSSR count). The molecule has 0 radical (unpaired) electrons. The standard InChI is InChI=1S/C20H24N2/c1-19(2,17-10-6-12-21-17)15-8-5-9-16(14-15)20(3,4)18-11-7-13-22-18/h5-14,21-22H,1-4H3. The Bertz CT molecular complexity index is 670. The summed E-state index contributed by atoms with van der Waals surface area (Å²) in [5.74, 6) is 0. The fraction of sp³-hybridized carbons (Fsp3) is 0.300. The van der Waals surface area contributed by atoms with Gasteiger partial charge in [0, 0.05) is 34.6 Å². The van der Waals surface area contributed by atoms with E-state index >= 15 is 0 Å². The number of benzene rings is 1. The van der Waals surface area contributed by atoms with E-state index in [2.05, 4.69) is 86.2 Å². The summed E-state index contributed by atoms with van der Waals surface area (Å²) in [5.41, 5.74) is 5.06. The molecular weight excluding hydrogens is 268 g/mol. The first kappa shape index (κ1) is 14.7. The molecule has 2 heteroatoms. The van der Waals surface area contributed by atoms with E-state index in [1.165, 1.54) is 22.5 Å². The number of aromatic nitrogens is 2. The fourth-order valence-corrected chi connectivity index (χ4v) is 3.05. The highest BCUT2D eigenvalue weighted by atomic mass is 14.7. The third-order valence-corrected chi connectivity index (χ3v) is 4.85. The Morgan fingerprint density at radius 2 is 1.09 bits per heavy atom. The molecule has 0 saturated carbocycles. The molecule has 0 spiro atoms. The highest BCUT2D eigenvalue weighted by Gasteiger charge is 2.28. The Balaban J connectivity index is 2.04. The van der Waals surface area contributed by atoms with Crippen LogP contribution in [0.2, 0.25) is 0 Å². The number of rotatable bonds is 4. The van der Waals surface area contributed by atoms with Gasteiger partial charge in [0.05, 0.1) is 0 Å². The van der Waals surface area contributed by atoms with E-state index in [4.69, 9.17) is 0 Å². The van der Waals surface area contributed by atoms with Crippen LogP contribution in [0.25, 0.3) is 0 Å². The zero-order chi connectivity index (χ0) is 15.8. The van der Waals surface area contributed by atoms with Gasteiger partial charge in [0.1, 0.15) is 0 Å². The lowest BCUT2D eigenvalue weighted by Crippen LogP contribution is -2.23. The molecule has 0 saturated heterocycles. The summed E-state index contributed by atoms with van der Waals surface area (Å²) in [5, 5.41) is 0. The molecule has 22 heavy (non-hydrogen) atoms. The van der Waals surface area contributed by atoms with Crippen molar-refractivity contribution in [2.24, 2.45) is 0 Å². The van der Waals surface area contributed by atoms with Gasteiger partial charge in [0.2, 0.25) is 0 Å². The number of hydrogen-bond acceptors (Lipinski definition) is 0. The van der Waals surface area contributed by atoms with Gasteiger partial charge in [-0.15, -0.1) is 0 Å². The second-order valence-electron chi connectivity index (χ2n) is 7.00. The van der Waals surface area contributed by atoms with Crippen LogP contribution < -0.4 is 0 Å². The number of nitrogens with one attached hydrogen (secondary N) is 2. The molecule has 0 bridgehead atoms. The summed E-state index contributed by atoms with van der Waals surface area (Å²) in [7, 11) is 0. The van der Waals surface area contributed by atoms with E-state index in [0.717, 1.165) is 0 Å². The Morgan fingerprint density at radius 3 is 1.45 bits per heavy atom. The van der Waals surface area contributed by atoms with E-state index in [-0.39, 0.29) is 10.8 Å². The van der Waals surface area contributed by atoms with Crippen LogP contribution in [-0.2, 0) is 10.8 Å². The normalized spacial score (nSPS) is 12.5. The molecule has 0 atom stereocenters. The smallest absolute Gasteiger partial charge is 0.0297 e. The van der Waals surface area contributed by atoms with Crippen molar-refractivity contribution in [3.8, 4) is 0 Å². The molecule has 114 valence electrons. The maximum atomic E-state index is 3.36.